The first-order valence-corrected chi connectivity index (χ1v) is 13.7. The molecule has 0 saturated carbocycles. The highest BCUT2D eigenvalue weighted by molar-refractivity contribution is 6.02. The van der Waals surface area contributed by atoms with E-state index >= 15 is 0 Å². The fourth-order valence-electron chi connectivity index (χ4n) is 5.04. The van der Waals surface area contributed by atoms with Gasteiger partial charge in [-0.3, -0.25) is 19.5 Å². The fraction of sp³-hybridized carbons (Fsp3) is 0.121. The topological polar surface area (TPSA) is 122 Å². The largest absolute Gasteiger partial charge is 0.504 e. The smallest absolute Gasteiger partial charge is 0.249 e. The summed E-state index contributed by atoms with van der Waals surface area (Å²) >= 11 is 0. The number of benzene rings is 4. The first-order valence-electron chi connectivity index (χ1n) is 13.7. The number of anilines is 1. The Bertz CT molecular complexity index is 1920. The highest BCUT2D eigenvalue weighted by atomic mass is 16.5. The minimum Gasteiger partial charge on any atom is -0.504 e. The molecule has 6 aromatic rings. The number of aromatic nitrogens is 4. The molecule has 0 fully saturated rings. The van der Waals surface area contributed by atoms with Gasteiger partial charge in [-0.25, -0.2) is 4.68 Å². The molecule has 10 nitrogen and oxygen atoms in total. The zero-order valence-corrected chi connectivity index (χ0v) is 23.3. The molecule has 2 heterocycles. The van der Waals surface area contributed by atoms with Crippen molar-refractivity contribution in [1.29, 1.82) is 0 Å². The van der Waals surface area contributed by atoms with Gasteiger partial charge in [-0.05, 0) is 47.5 Å². The normalized spacial score (nSPS) is 11.7. The van der Waals surface area contributed by atoms with Crippen LogP contribution in [0.2, 0.25) is 0 Å². The van der Waals surface area contributed by atoms with Crippen LogP contribution in [0, 0.1) is 0 Å². The van der Waals surface area contributed by atoms with Gasteiger partial charge in [0, 0.05) is 11.9 Å². The first kappa shape index (κ1) is 27.4. The molecule has 6 rings (SSSR count). The van der Waals surface area contributed by atoms with Gasteiger partial charge in [-0.1, -0.05) is 71.9 Å². The van der Waals surface area contributed by atoms with Crippen LogP contribution in [0.3, 0.4) is 0 Å². The van der Waals surface area contributed by atoms with E-state index in [-0.39, 0.29) is 24.6 Å². The Hall–Kier alpha value is -5.77. The van der Waals surface area contributed by atoms with Crippen LogP contribution in [-0.4, -0.2) is 44.0 Å². The lowest BCUT2D eigenvalue weighted by Crippen LogP contribution is -2.45. The maximum absolute atomic E-state index is 14.3. The molecule has 0 saturated heterocycles. The average Bonchev–Trinajstić information content (AvgIpc) is 3.45. The summed E-state index contributed by atoms with van der Waals surface area (Å²) in [5.74, 6) is -0.792. The van der Waals surface area contributed by atoms with Crippen molar-refractivity contribution in [1.82, 2.24) is 25.3 Å². The first-order chi connectivity index (χ1) is 21.0. The number of methoxy groups -OCH3 is 1. The van der Waals surface area contributed by atoms with Crippen LogP contribution >= 0.6 is 0 Å². The number of hydrogen-bond donors (Lipinski definition) is 2. The Morgan fingerprint density at radius 3 is 2.47 bits per heavy atom. The van der Waals surface area contributed by atoms with Gasteiger partial charge in [-0.15, -0.1) is 5.10 Å². The van der Waals surface area contributed by atoms with Gasteiger partial charge in [0.2, 0.25) is 11.8 Å². The van der Waals surface area contributed by atoms with Gasteiger partial charge in [-0.2, -0.15) is 0 Å². The third kappa shape index (κ3) is 5.71. The maximum Gasteiger partial charge on any atom is 0.249 e. The molecule has 0 bridgehead atoms. The number of rotatable bonds is 9. The molecular formula is C33H28N6O4. The van der Waals surface area contributed by atoms with E-state index in [2.05, 4.69) is 20.6 Å². The second-order valence-corrected chi connectivity index (χ2v) is 9.92. The molecule has 0 aliphatic carbocycles. The predicted octanol–water partition coefficient (Wildman–Crippen LogP) is 4.78. The van der Waals surface area contributed by atoms with Crippen LogP contribution in [0.25, 0.3) is 21.9 Å². The Morgan fingerprint density at radius 1 is 0.930 bits per heavy atom. The molecule has 2 N–H and O–H groups in total. The number of para-hydroxylation sites is 2. The third-order valence-corrected chi connectivity index (χ3v) is 7.16. The Balaban J connectivity index is 1.46. The molecule has 1 atom stereocenters. The van der Waals surface area contributed by atoms with E-state index in [1.165, 1.54) is 22.8 Å². The predicted molar refractivity (Wildman–Crippen MR) is 162 cm³/mol. The summed E-state index contributed by atoms with van der Waals surface area (Å²) in [5.41, 5.74) is 3.75. The lowest BCUT2D eigenvalue weighted by atomic mass is 10.0. The molecular weight excluding hydrogens is 544 g/mol. The van der Waals surface area contributed by atoms with Crippen molar-refractivity contribution in [2.45, 2.75) is 19.1 Å². The lowest BCUT2D eigenvalue weighted by molar-refractivity contribution is -0.127. The van der Waals surface area contributed by atoms with Gasteiger partial charge in [0.15, 0.2) is 11.5 Å². The molecule has 10 heteroatoms. The number of aromatic hydroxyl groups is 1. The number of amides is 2. The number of nitrogens with zero attached hydrogens (tertiary/aromatic N) is 5. The number of hydrogen-bond acceptors (Lipinski definition) is 7. The summed E-state index contributed by atoms with van der Waals surface area (Å²) in [7, 11) is 1.44. The molecule has 2 aromatic heterocycles. The van der Waals surface area contributed by atoms with Crippen molar-refractivity contribution in [3.05, 3.63) is 120 Å². The summed E-state index contributed by atoms with van der Waals surface area (Å²) in [4.78, 5) is 34.4. The van der Waals surface area contributed by atoms with E-state index in [4.69, 9.17) is 4.74 Å². The van der Waals surface area contributed by atoms with E-state index in [1.54, 1.807) is 18.3 Å². The standard InChI is InChI=1S/C33H28N6O4/c1-43-30-16-15-24(18-29(30)40)32(33(42)35-19-22-9-3-2-4-10-22)39(25-17-23-11-5-6-12-26(23)34-20-25)31(41)21-38-28-14-8-7-13-27(28)36-37-38/h2-18,20,32,40H,19,21H2,1H3,(H,35,42). The van der Waals surface area contributed by atoms with Gasteiger partial charge < -0.3 is 15.2 Å². The van der Waals surface area contributed by atoms with E-state index in [9.17, 15) is 14.7 Å². The van der Waals surface area contributed by atoms with E-state index in [0.717, 1.165) is 16.5 Å². The summed E-state index contributed by atoms with van der Waals surface area (Å²) in [6.07, 6.45) is 1.57. The third-order valence-electron chi connectivity index (χ3n) is 7.16. The van der Waals surface area contributed by atoms with Crippen molar-refractivity contribution < 1.29 is 19.4 Å². The fourth-order valence-corrected chi connectivity index (χ4v) is 5.04. The van der Waals surface area contributed by atoms with Crippen molar-refractivity contribution >= 4 is 39.4 Å². The minimum atomic E-state index is -1.18. The van der Waals surface area contributed by atoms with Gasteiger partial charge >= 0.3 is 0 Å². The van der Waals surface area contributed by atoms with Crippen molar-refractivity contribution in [3.8, 4) is 11.5 Å². The van der Waals surface area contributed by atoms with Gasteiger partial charge in [0.1, 0.15) is 18.1 Å². The molecule has 1 unspecified atom stereocenters. The van der Waals surface area contributed by atoms with Crippen LogP contribution in [0.1, 0.15) is 17.2 Å². The monoisotopic (exact) mass is 572 g/mol. The van der Waals surface area contributed by atoms with Crippen LogP contribution < -0.4 is 15.0 Å². The summed E-state index contributed by atoms with van der Waals surface area (Å²) in [6, 6.07) is 29.6. The molecule has 0 aliphatic rings. The molecule has 43 heavy (non-hydrogen) atoms. The number of nitrogens with one attached hydrogen (secondary N) is 1. The summed E-state index contributed by atoms with van der Waals surface area (Å²) in [5, 5.41) is 22.8. The van der Waals surface area contributed by atoms with Crippen molar-refractivity contribution in [2.75, 3.05) is 12.0 Å². The van der Waals surface area contributed by atoms with E-state index < -0.39 is 17.9 Å². The molecule has 0 radical (unpaired) electrons. The molecule has 214 valence electrons. The quantitative estimate of drug-likeness (QED) is 0.256. The Labute approximate surface area is 247 Å². The Morgan fingerprint density at radius 2 is 1.67 bits per heavy atom. The van der Waals surface area contributed by atoms with Gasteiger partial charge in [0.25, 0.3) is 0 Å². The minimum absolute atomic E-state index is 0.160. The van der Waals surface area contributed by atoms with Crippen LogP contribution in [0.4, 0.5) is 5.69 Å². The average molecular weight is 573 g/mol. The number of fused-ring (bicyclic) bond motifs is 2. The second-order valence-electron chi connectivity index (χ2n) is 9.92. The number of carbonyl (C=O) groups excluding carboxylic acids is 2. The lowest BCUT2D eigenvalue weighted by Gasteiger charge is -2.31. The van der Waals surface area contributed by atoms with Crippen LogP contribution in [-0.2, 0) is 22.7 Å². The number of phenols is 1. The zero-order chi connectivity index (χ0) is 29.8. The zero-order valence-electron chi connectivity index (χ0n) is 23.3. The summed E-state index contributed by atoms with van der Waals surface area (Å²) < 4.78 is 6.74. The van der Waals surface area contributed by atoms with E-state index in [1.807, 2.05) is 84.9 Å². The number of ether oxygens (including phenoxy) is 1. The molecule has 0 spiro atoms. The SMILES string of the molecule is COc1ccc(C(C(=O)NCc2ccccc2)N(C(=O)Cn2nnc3ccccc32)c2cnc3ccccc3c2)cc1O. The highest BCUT2D eigenvalue weighted by Crippen LogP contribution is 2.35. The maximum atomic E-state index is 14.3. The summed E-state index contributed by atoms with van der Waals surface area (Å²) in [6.45, 7) is 0.0436. The number of carbonyl (C=O) groups is 2. The van der Waals surface area contributed by atoms with Crippen molar-refractivity contribution in [3.63, 3.8) is 0 Å². The van der Waals surface area contributed by atoms with E-state index in [0.29, 0.717) is 22.3 Å². The molecule has 4 aromatic carbocycles. The molecule has 0 aliphatic heterocycles. The second kappa shape index (κ2) is 12.0. The van der Waals surface area contributed by atoms with Crippen molar-refractivity contribution in [2.24, 2.45) is 0 Å². The van der Waals surface area contributed by atoms with Gasteiger partial charge in [0.05, 0.1) is 30.0 Å². The Kier molecular flexibility index (Phi) is 7.64. The van der Waals surface area contributed by atoms with Crippen LogP contribution in [0.15, 0.2) is 109 Å². The number of phenolic OH excluding ortho intramolecular Hbond substituents is 1. The molecule has 2 amide bonds. The van der Waals surface area contributed by atoms with Crippen LogP contribution in [0.5, 0.6) is 11.5 Å². The number of pyridine rings is 1. The highest BCUT2D eigenvalue weighted by Gasteiger charge is 2.34.